The van der Waals surface area contributed by atoms with E-state index in [0.29, 0.717) is 11.1 Å². The molecule has 1 saturated heterocycles. The largest absolute Gasteiger partial charge is 0.459 e. The van der Waals surface area contributed by atoms with E-state index in [1.54, 1.807) is 60.7 Å². The van der Waals surface area contributed by atoms with Gasteiger partial charge in [0, 0.05) is 6.42 Å². The summed E-state index contributed by atoms with van der Waals surface area (Å²) in [6.07, 6.45) is -1.05. The zero-order valence-corrected chi connectivity index (χ0v) is 16.9. The monoisotopic (exact) mass is 436 g/mol. The van der Waals surface area contributed by atoms with Gasteiger partial charge in [-0.3, -0.25) is 4.57 Å². The molecule has 1 aliphatic heterocycles. The van der Waals surface area contributed by atoms with E-state index in [0.717, 1.165) is 4.57 Å². The Morgan fingerprint density at radius 1 is 1.03 bits per heavy atom. The Bertz CT molecular complexity index is 1150. The number of ether oxygens (including phenoxy) is 3. The number of aromatic nitrogens is 3. The van der Waals surface area contributed by atoms with Gasteiger partial charge in [0.1, 0.15) is 31.4 Å². The number of hydrogen-bond donors (Lipinski definition) is 1. The Morgan fingerprint density at radius 2 is 1.66 bits per heavy atom. The highest BCUT2D eigenvalue weighted by Gasteiger charge is 2.40. The summed E-state index contributed by atoms with van der Waals surface area (Å²) in [5, 5.41) is 0. The second kappa shape index (κ2) is 9.40. The third kappa shape index (κ3) is 4.81. The number of carbonyl (C=O) groups excluding carboxylic acids is 2. The van der Waals surface area contributed by atoms with Crippen LogP contribution in [-0.4, -0.2) is 45.3 Å². The van der Waals surface area contributed by atoms with Crippen LogP contribution in [0.25, 0.3) is 0 Å². The molecule has 4 rings (SSSR count). The minimum Gasteiger partial charge on any atom is -0.459 e. The first-order chi connectivity index (χ1) is 15.5. The number of carbonyl (C=O) groups is 2. The van der Waals surface area contributed by atoms with Gasteiger partial charge in [0.05, 0.1) is 11.1 Å². The standard InChI is InChI=1S/C22H20N4O6/c23-21-24-13-26(22(29)25-21)18-11-16(32-20(28)15-9-5-2-6-10-15)17(31-18)12-30-19(27)14-7-3-1-4-8-14/h1-10,13,16-18H,11-12H2,(H2,23,25,29). The fraction of sp³-hybridized carbons (Fsp3) is 0.227. The number of rotatable bonds is 6. The molecule has 1 aromatic heterocycles. The van der Waals surface area contributed by atoms with Gasteiger partial charge in [-0.1, -0.05) is 36.4 Å². The van der Waals surface area contributed by atoms with E-state index in [1.807, 2.05) is 0 Å². The smallest absolute Gasteiger partial charge is 0.354 e. The molecule has 32 heavy (non-hydrogen) atoms. The number of esters is 2. The molecule has 164 valence electrons. The van der Waals surface area contributed by atoms with Crippen LogP contribution in [0.15, 0.2) is 71.8 Å². The lowest BCUT2D eigenvalue weighted by Gasteiger charge is -2.19. The summed E-state index contributed by atoms with van der Waals surface area (Å²) in [7, 11) is 0. The van der Waals surface area contributed by atoms with Crippen molar-refractivity contribution in [2.75, 3.05) is 12.3 Å². The normalized spacial score (nSPS) is 19.9. The van der Waals surface area contributed by atoms with Crippen molar-refractivity contribution in [1.82, 2.24) is 14.5 Å². The minimum absolute atomic E-state index is 0.138. The van der Waals surface area contributed by atoms with Crippen molar-refractivity contribution in [3.8, 4) is 0 Å². The van der Waals surface area contributed by atoms with Crippen LogP contribution >= 0.6 is 0 Å². The fourth-order valence-corrected chi connectivity index (χ4v) is 3.29. The predicted octanol–water partition coefficient (Wildman–Crippen LogP) is 1.59. The average molecular weight is 436 g/mol. The first kappa shape index (κ1) is 21.2. The highest BCUT2D eigenvalue weighted by Crippen LogP contribution is 2.31. The topological polar surface area (TPSA) is 136 Å². The molecule has 0 aliphatic carbocycles. The van der Waals surface area contributed by atoms with Crippen molar-refractivity contribution < 1.29 is 23.8 Å². The van der Waals surface area contributed by atoms with Crippen LogP contribution in [0.4, 0.5) is 5.95 Å². The zero-order chi connectivity index (χ0) is 22.5. The van der Waals surface area contributed by atoms with E-state index in [4.69, 9.17) is 19.9 Å². The molecule has 3 atom stereocenters. The average Bonchev–Trinajstić information content (AvgIpc) is 3.20. The summed E-state index contributed by atoms with van der Waals surface area (Å²) < 4.78 is 18.0. The maximum atomic E-state index is 12.6. The Kier molecular flexibility index (Phi) is 6.22. The molecule has 10 nitrogen and oxygen atoms in total. The molecule has 0 amide bonds. The number of hydrogen-bond acceptors (Lipinski definition) is 9. The number of benzene rings is 2. The number of nitrogens with zero attached hydrogens (tertiary/aromatic N) is 3. The van der Waals surface area contributed by atoms with Gasteiger partial charge in [-0.2, -0.15) is 4.98 Å². The Balaban J connectivity index is 1.50. The summed E-state index contributed by atoms with van der Waals surface area (Å²) >= 11 is 0. The summed E-state index contributed by atoms with van der Waals surface area (Å²) in [6, 6.07) is 16.9. The van der Waals surface area contributed by atoms with Crippen LogP contribution in [0.1, 0.15) is 33.4 Å². The summed E-state index contributed by atoms with van der Waals surface area (Å²) in [5.41, 5.74) is 5.53. The highest BCUT2D eigenvalue weighted by molar-refractivity contribution is 5.90. The molecule has 2 heterocycles. The second-order valence-electron chi connectivity index (χ2n) is 7.04. The lowest BCUT2D eigenvalue weighted by atomic mass is 10.1. The maximum Gasteiger partial charge on any atom is 0.354 e. The van der Waals surface area contributed by atoms with Crippen molar-refractivity contribution >= 4 is 17.9 Å². The molecule has 3 unspecified atom stereocenters. The van der Waals surface area contributed by atoms with Gasteiger partial charge in [-0.05, 0) is 24.3 Å². The molecule has 3 aromatic rings. The van der Waals surface area contributed by atoms with Crippen molar-refractivity contribution in [2.24, 2.45) is 0 Å². The third-order valence-corrected chi connectivity index (χ3v) is 4.89. The van der Waals surface area contributed by atoms with Crippen LogP contribution in [0.3, 0.4) is 0 Å². The second-order valence-corrected chi connectivity index (χ2v) is 7.04. The predicted molar refractivity (Wildman–Crippen MR) is 112 cm³/mol. The molecule has 1 aliphatic rings. The van der Waals surface area contributed by atoms with E-state index in [9.17, 15) is 14.4 Å². The van der Waals surface area contributed by atoms with Gasteiger partial charge in [0.2, 0.25) is 5.95 Å². The first-order valence-corrected chi connectivity index (χ1v) is 9.85. The van der Waals surface area contributed by atoms with Gasteiger partial charge in [-0.25, -0.2) is 19.4 Å². The van der Waals surface area contributed by atoms with Crippen molar-refractivity contribution in [3.63, 3.8) is 0 Å². The molecule has 0 radical (unpaired) electrons. The zero-order valence-electron chi connectivity index (χ0n) is 16.9. The SMILES string of the molecule is Nc1ncn(C2CC(OC(=O)c3ccccc3)C(COC(=O)c3ccccc3)O2)c(=O)n1. The van der Waals surface area contributed by atoms with Gasteiger partial charge in [0.15, 0.2) is 0 Å². The molecule has 10 heteroatoms. The van der Waals surface area contributed by atoms with Crippen LogP contribution in [0, 0.1) is 0 Å². The van der Waals surface area contributed by atoms with Crippen molar-refractivity contribution in [2.45, 2.75) is 24.9 Å². The number of nitrogen functional groups attached to an aromatic ring is 1. The van der Waals surface area contributed by atoms with Crippen LogP contribution in [0.2, 0.25) is 0 Å². The van der Waals surface area contributed by atoms with E-state index >= 15 is 0 Å². The summed E-state index contributed by atoms with van der Waals surface area (Å²) in [4.78, 5) is 44.5. The molecular formula is C22H20N4O6. The Labute approximate surface area is 182 Å². The lowest BCUT2D eigenvalue weighted by Crippen LogP contribution is -2.32. The molecule has 2 N–H and O–H groups in total. The first-order valence-electron chi connectivity index (χ1n) is 9.85. The van der Waals surface area contributed by atoms with Gasteiger partial charge in [-0.15, -0.1) is 0 Å². The number of anilines is 1. The quantitative estimate of drug-likeness (QED) is 0.571. The van der Waals surface area contributed by atoms with E-state index < -0.39 is 36.1 Å². The van der Waals surface area contributed by atoms with E-state index in [2.05, 4.69) is 9.97 Å². The summed E-state index contributed by atoms with van der Waals surface area (Å²) in [5.74, 6) is -1.26. The lowest BCUT2D eigenvalue weighted by molar-refractivity contribution is -0.0584. The fourth-order valence-electron chi connectivity index (χ4n) is 3.29. The van der Waals surface area contributed by atoms with Crippen molar-refractivity contribution in [1.29, 1.82) is 0 Å². The van der Waals surface area contributed by atoms with Crippen molar-refractivity contribution in [3.05, 3.63) is 88.6 Å². The molecule has 0 saturated carbocycles. The van der Waals surface area contributed by atoms with Crippen LogP contribution < -0.4 is 11.4 Å². The molecule has 1 fully saturated rings. The van der Waals surface area contributed by atoms with E-state index in [1.165, 1.54) is 6.33 Å². The molecule has 0 spiro atoms. The molecule has 0 bridgehead atoms. The van der Waals surface area contributed by atoms with Crippen LogP contribution in [0.5, 0.6) is 0 Å². The van der Waals surface area contributed by atoms with Gasteiger partial charge < -0.3 is 19.9 Å². The Hall–Kier alpha value is -4.05. The van der Waals surface area contributed by atoms with Gasteiger partial charge >= 0.3 is 17.6 Å². The number of nitrogens with two attached hydrogens (primary N) is 1. The highest BCUT2D eigenvalue weighted by atomic mass is 16.6. The maximum absolute atomic E-state index is 12.6. The summed E-state index contributed by atoms with van der Waals surface area (Å²) in [6.45, 7) is -0.179. The Morgan fingerprint density at radius 3 is 2.28 bits per heavy atom. The van der Waals surface area contributed by atoms with E-state index in [-0.39, 0.29) is 19.0 Å². The van der Waals surface area contributed by atoms with Gasteiger partial charge in [0.25, 0.3) is 0 Å². The molecular weight excluding hydrogens is 416 g/mol. The molecule has 2 aromatic carbocycles. The minimum atomic E-state index is -0.822. The van der Waals surface area contributed by atoms with Crippen LogP contribution in [-0.2, 0) is 14.2 Å². The third-order valence-electron chi connectivity index (χ3n) is 4.89.